The van der Waals surface area contributed by atoms with Gasteiger partial charge < -0.3 is 9.15 Å². The number of furan rings is 1. The van der Waals surface area contributed by atoms with Crippen LogP contribution in [0, 0.1) is 13.8 Å². The third-order valence-corrected chi connectivity index (χ3v) is 5.91. The first-order valence-electron chi connectivity index (χ1n) is 9.39. The smallest absolute Gasteiger partial charge is 0.250 e. The minimum atomic E-state index is -0.234. The van der Waals surface area contributed by atoms with Gasteiger partial charge in [0.05, 0.1) is 7.11 Å². The van der Waals surface area contributed by atoms with Gasteiger partial charge in [-0.3, -0.25) is 10.1 Å². The van der Waals surface area contributed by atoms with E-state index in [1.54, 1.807) is 13.2 Å². The van der Waals surface area contributed by atoms with Gasteiger partial charge >= 0.3 is 0 Å². The van der Waals surface area contributed by atoms with E-state index >= 15 is 0 Å². The van der Waals surface area contributed by atoms with Crippen molar-refractivity contribution < 1.29 is 13.9 Å². The van der Waals surface area contributed by atoms with E-state index in [4.69, 9.17) is 9.15 Å². The maximum absolute atomic E-state index is 12.4. The Hall–Kier alpha value is -2.67. The van der Waals surface area contributed by atoms with Gasteiger partial charge in [0, 0.05) is 34.6 Å². The highest BCUT2D eigenvalue weighted by molar-refractivity contribution is 7.15. The van der Waals surface area contributed by atoms with Crippen molar-refractivity contribution in [1.82, 2.24) is 10.2 Å². The molecule has 0 radical (unpaired) electrons. The van der Waals surface area contributed by atoms with E-state index < -0.39 is 0 Å². The Kier molecular flexibility index (Phi) is 4.93. The van der Waals surface area contributed by atoms with Crippen molar-refractivity contribution in [1.29, 1.82) is 0 Å². The number of hydrogen-bond donors (Lipinski definition) is 1. The molecule has 1 amide bonds. The van der Waals surface area contributed by atoms with Crippen LogP contribution in [0.25, 0.3) is 16.5 Å². The van der Waals surface area contributed by atoms with E-state index in [1.165, 1.54) is 29.7 Å². The highest BCUT2D eigenvalue weighted by Crippen LogP contribution is 2.41. The summed E-state index contributed by atoms with van der Waals surface area (Å²) in [5.41, 5.74) is 4.90. The topological polar surface area (TPSA) is 77.2 Å². The SMILES string of the molecule is COc1c(/C(C)=C/C(=O)Nc2nnc(C)s2)cc2c3c(oc2c1C)CCCC3. The van der Waals surface area contributed by atoms with Crippen LogP contribution < -0.4 is 10.1 Å². The molecule has 0 atom stereocenters. The van der Waals surface area contributed by atoms with E-state index in [9.17, 15) is 4.79 Å². The van der Waals surface area contributed by atoms with E-state index in [2.05, 4.69) is 21.6 Å². The number of carbonyl (C=O) groups is 1. The molecule has 0 fully saturated rings. The normalized spacial score (nSPS) is 14.2. The number of carbonyl (C=O) groups excluding carboxylic acids is 1. The summed E-state index contributed by atoms with van der Waals surface area (Å²) in [6, 6.07) is 2.10. The van der Waals surface area contributed by atoms with Crippen LogP contribution in [0.15, 0.2) is 16.6 Å². The maximum atomic E-state index is 12.4. The highest BCUT2D eigenvalue weighted by atomic mass is 32.1. The van der Waals surface area contributed by atoms with Crippen LogP contribution in [-0.2, 0) is 17.6 Å². The molecule has 146 valence electrons. The molecule has 0 unspecified atom stereocenters. The zero-order valence-corrected chi connectivity index (χ0v) is 17.3. The summed E-state index contributed by atoms with van der Waals surface area (Å²) in [5, 5.41) is 13.1. The fourth-order valence-corrected chi connectivity index (χ4v) is 4.45. The van der Waals surface area contributed by atoms with Crippen molar-refractivity contribution >= 4 is 38.9 Å². The van der Waals surface area contributed by atoms with Crippen molar-refractivity contribution in [2.45, 2.75) is 46.5 Å². The van der Waals surface area contributed by atoms with Gasteiger partial charge in [0.2, 0.25) is 11.0 Å². The van der Waals surface area contributed by atoms with Crippen LogP contribution in [0.1, 0.15) is 47.2 Å². The number of amides is 1. The summed E-state index contributed by atoms with van der Waals surface area (Å²) in [6.07, 6.45) is 5.94. The molecule has 6 nitrogen and oxygen atoms in total. The summed E-state index contributed by atoms with van der Waals surface area (Å²) < 4.78 is 11.9. The fraction of sp³-hybridized carbons (Fsp3) is 0.381. The second kappa shape index (κ2) is 7.39. The van der Waals surface area contributed by atoms with Crippen LogP contribution in [0.5, 0.6) is 5.75 Å². The number of aromatic nitrogens is 2. The standard InChI is InChI=1S/C21H23N3O3S/c1-11(9-18(25)22-21-24-23-13(3)28-21)15-10-16-14-7-5-6-8-17(14)27-20(16)12(2)19(15)26-4/h9-10H,5-8H2,1-4H3,(H,22,24,25)/b11-9+. The summed E-state index contributed by atoms with van der Waals surface area (Å²) in [7, 11) is 1.65. The minimum Gasteiger partial charge on any atom is -0.496 e. The molecule has 2 heterocycles. The van der Waals surface area contributed by atoms with Gasteiger partial charge in [-0.2, -0.15) is 0 Å². The molecule has 3 aromatic rings. The Morgan fingerprint density at radius 2 is 2.07 bits per heavy atom. The van der Waals surface area contributed by atoms with Crippen LogP contribution in [-0.4, -0.2) is 23.2 Å². The molecule has 1 aliphatic rings. The molecule has 0 saturated carbocycles. The first kappa shape index (κ1) is 18.7. The Balaban J connectivity index is 1.74. The molecular weight excluding hydrogens is 374 g/mol. The molecule has 7 heteroatoms. The molecule has 0 spiro atoms. The van der Waals surface area contributed by atoms with Gasteiger partial charge in [-0.25, -0.2) is 0 Å². The average Bonchev–Trinajstić information content (AvgIpc) is 3.25. The van der Waals surface area contributed by atoms with Gasteiger partial charge in [0.25, 0.3) is 0 Å². The Morgan fingerprint density at radius 3 is 2.79 bits per heavy atom. The quantitative estimate of drug-likeness (QED) is 0.638. The predicted octanol–water partition coefficient (Wildman–Crippen LogP) is 4.83. The zero-order chi connectivity index (χ0) is 19.8. The Morgan fingerprint density at radius 1 is 1.29 bits per heavy atom. The number of benzene rings is 1. The van der Waals surface area contributed by atoms with Gasteiger partial charge in [-0.1, -0.05) is 11.3 Å². The van der Waals surface area contributed by atoms with E-state index in [-0.39, 0.29) is 5.91 Å². The Labute approximate surface area is 167 Å². The summed E-state index contributed by atoms with van der Waals surface area (Å²) >= 11 is 1.35. The molecule has 4 rings (SSSR count). The Bertz CT molecular complexity index is 1090. The van der Waals surface area contributed by atoms with Crippen LogP contribution in [0.3, 0.4) is 0 Å². The molecule has 1 aliphatic carbocycles. The number of allylic oxidation sites excluding steroid dienone is 1. The van der Waals surface area contributed by atoms with Crippen LogP contribution >= 0.6 is 11.3 Å². The number of anilines is 1. The number of fused-ring (bicyclic) bond motifs is 3. The fourth-order valence-electron chi connectivity index (χ4n) is 3.86. The summed E-state index contributed by atoms with van der Waals surface area (Å²) in [5.74, 6) is 1.60. The maximum Gasteiger partial charge on any atom is 0.250 e. The molecule has 2 aromatic heterocycles. The van der Waals surface area contributed by atoms with E-state index in [0.29, 0.717) is 5.13 Å². The molecular formula is C21H23N3O3S. The van der Waals surface area contributed by atoms with Crippen molar-refractivity contribution in [3.63, 3.8) is 0 Å². The average molecular weight is 398 g/mol. The lowest BCUT2D eigenvalue weighted by molar-refractivity contribution is -0.111. The van der Waals surface area contributed by atoms with Crippen LogP contribution in [0.2, 0.25) is 0 Å². The molecule has 28 heavy (non-hydrogen) atoms. The number of methoxy groups -OCH3 is 1. The number of nitrogens with one attached hydrogen (secondary N) is 1. The zero-order valence-electron chi connectivity index (χ0n) is 16.5. The third-order valence-electron chi connectivity index (χ3n) is 5.16. The number of nitrogens with zero attached hydrogens (tertiary/aromatic N) is 2. The van der Waals surface area contributed by atoms with Crippen molar-refractivity contribution in [3.05, 3.63) is 39.6 Å². The predicted molar refractivity (Wildman–Crippen MR) is 111 cm³/mol. The minimum absolute atomic E-state index is 0.234. The van der Waals surface area contributed by atoms with Gasteiger partial charge in [0.15, 0.2) is 0 Å². The monoisotopic (exact) mass is 397 g/mol. The van der Waals surface area contributed by atoms with Gasteiger partial charge in [0.1, 0.15) is 22.1 Å². The third kappa shape index (κ3) is 3.30. The van der Waals surface area contributed by atoms with Crippen molar-refractivity contribution in [2.75, 3.05) is 12.4 Å². The molecule has 0 bridgehead atoms. The highest BCUT2D eigenvalue weighted by Gasteiger charge is 2.23. The van der Waals surface area contributed by atoms with Crippen LogP contribution in [0.4, 0.5) is 5.13 Å². The lowest BCUT2D eigenvalue weighted by atomic mass is 9.93. The van der Waals surface area contributed by atoms with E-state index in [0.717, 1.165) is 57.0 Å². The summed E-state index contributed by atoms with van der Waals surface area (Å²) in [6.45, 7) is 5.78. The largest absolute Gasteiger partial charge is 0.496 e. The summed E-state index contributed by atoms with van der Waals surface area (Å²) in [4.78, 5) is 12.4. The molecule has 0 aliphatic heterocycles. The van der Waals surface area contributed by atoms with Crippen molar-refractivity contribution in [3.8, 4) is 5.75 Å². The molecule has 0 saturated heterocycles. The number of hydrogen-bond acceptors (Lipinski definition) is 6. The van der Waals surface area contributed by atoms with Gasteiger partial charge in [-0.05, 0) is 51.7 Å². The lowest BCUT2D eigenvalue weighted by Gasteiger charge is -2.13. The first-order chi connectivity index (χ1) is 13.5. The van der Waals surface area contributed by atoms with Gasteiger partial charge in [-0.15, -0.1) is 10.2 Å². The number of ether oxygens (including phenoxy) is 1. The second-order valence-electron chi connectivity index (χ2n) is 7.11. The molecule has 1 N–H and O–H groups in total. The first-order valence-corrected chi connectivity index (χ1v) is 10.2. The number of rotatable bonds is 4. The molecule has 1 aromatic carbocycles. The lowest BCUT2D eigenvalue weighted by Crippen LogP contribution is -2.08. The van der Waals surface area contributed by atoms with Crippen molar-refractivity contribution in [2.24, 2.45) is 0 Å². The number of aryl methyl sites for hydroxylation is 4. The second-order valence-corrected chi connectivity index (χ2v) is 8.29. The van der Waals surface area contributed by atoms with E-state index in [1.807, 2.05) is 20.8 Å².